The highest BCUT2D eigenvalue weighted by Gasteiger charge is 2.28. The summed E-state index contributed by atoms with van der Waals surface area (Å²) in [6, 6.07) is 4.59. The number of benzene rings is 1. The topological polar surface area (TPSA) is 15.8 Å². The van der Waals surface area contributed by atoms with Crippen molar-refractivity contribution in [3.05, 3.63) is 34.5 Å². The van der Waals surface area contributed by atoms with Crippen LogP contribution in [0.25, 0.3) is 10.9 Å². The number of aromatic nitrogens is 1. The Morgan fingerprint density at radius 1 is 1.18 bits per heavy atom. The highest BCUT2D eigenvalue weighted by molar-refractivity contribution is 5.88. The van der Waals surface area contributed by atoms with Gasteiger partial charge in [0.05, 0.1) is 0 Å². The van der Waals surface area contributed by atoms with E-state index in [1.165, 1.54) is 47.0 Å². The van der Waals surface area contributed by atoms with Crippen LogP contribution in [0.3, 0.4) is 0 Å². The van der Waals surface area contributed by atoms with Gasteiger partial charge in [0.25, 0.3) is 0 Å². The molecule has 0 saturated heterocycles. The molecule has 1 aromatic heterocycles. The second-order valence-corrected chi connectivity index (χ2v) is 6.43. The minimum Gasteiger partial charge on any atom is -0.358 e. The molecule has 0 bridgehead atoms. The molecule has 0 radical (unpaired) electrons. The molecule has 0 aliphatic heterocycles. The van der Waals surface area contributed by atoms with E-state index in [0.717, 1.165) is 0 Å². The molecule has 1 heteroatoms. The van der Waals surface area contributed by atoms with Gasteiger partial charge in [-0.2, -0.15) is 0 Å². The molecule has 1 aliphatic carbocycles. The summed E-state index contributed by atoms with van der Waals surface area (Å²) in [6.07, 6.45) is 3.71. The average molecular weight is 227 g/mol. The van der Waals surface area contributed by atoms with E-state index >= 15 is 0 Å². The molecule has 1 heterocycles. The van der Waals surface area contributed by atoms with Crippen molar-refractivity contribution >= 4 is 10.9 Å². The summed E-state index contributed by atoms with van der Waals surface area (Å²) >= 11 is 0. The van der Waals surface area contributed by atoms with Gasteiger partial charge in [0.1, 0.15) is 0 Å². The summed E-state index contributed by atoms with van der Waals surface area (Å²) in [5.74, 6) is 0. The fourth-order valence-electron chi connectivity index (χ4n) is 3.29. The first-order valence-electron chi connectivity index (χ1n) is 6.57. The number of H-pyrrole nitrogens is 1. The van der Waals surface area contributed by atoms with Crippen LogP contribution in [0.15, 0.2) is 12.1 Å². The molecular formula is C16H21N. The lowest BCUT2D eigenvalue weighted by Gasteiger charge is -2.29. The molecule has 3 rings (SSSR count). The lowest BCUT2D eigenvalue weighted by molar-refractivity contribution is 0.315. The van der Waals surface area contributed by atoms with E-state index in [0.29, 0.717) is 5.41 Å². The molecule has 0 atom stereocenters. The monoisotopic (exact) mass is 227 g/mol. The number of aryl methyl sites for hydroxylation is 3. The molecule has 1 N–H and O–H groups in total. The van der Waals surface area contributed by atoms with Crippen LogP contribution in [0.1, 0.15) is 42.7 Å². The fraction of sp³-hybridized carbons (Fsp3) is 0.500. The fourth-order valence-corrected chi connectivity index (χ4v) is 3.29. The summed E-state index contributed by atoms with van der Waals surface area (Å²) in [6.45, 7) is 9.19. The van der Waals surface area contributed by atoms with Gasteiger partial charge in [-0.25, -0.2) is 0 Å². The molecule has 1 aromatic carbocycles. The smallest absolute Gasteiger partial charge is 0.0464 e. The van der Waals surface area contributed by atoms with Crippen molar-refractivity contribution in [2.75, 3.05) is 0 Å². The lowest BCUT2D eigenvalue weighted by atomic mass is 9.75. The SMILES string of the molecule is Cc1cc(C)c2c3c([nH]c2c1)CCC(C)(C)C3. The van der Waals surface area contributed by atoms with Crippen molar-refractivity contribution in [1.82, 2.24) is 4.98 Å². The summed E-state index contributed by atoms with van der Waals surface area (Å²) in [5.41, 5.74) is 7.63. The molecule has 0 saturated carbocycles. The number of hydrogen-bond acceptors (Lipinski definition) is 0. The Kier molecular flexibility index (Phi) is 2.16. The van der Waals surface area contributed by atoms with Gasteiger partial charge in [-0.3, -0.25) is 0 Å². The molecule has 90 valence electrons. The standard InChI is InChI=1S/C16H21N/c1-10-7-11(2)15-12-9-16(3,4)6-5-13(12)17-14(15)8-10/h7-8,17H,5-6,9H2,1-4H3. The van der Waals surface area contributed by atoms with E-state index in [9.17, 15) is 0 Å². The van der Waals surface area contributed by atoms with Crippen molar-refractivity contribution in [1.29, 1.82) is 0 Å². The van der Waals surface area contributed by atoms with Gasteiger partial charge in [0.2, 0.25) is 0 Å². The van der Waals surface area contributed by atoms with Gasteiger partial charge in [-0.15, -0.1) is 0 Å². The molecule has 0 fully saturated rings. The van der Waals surface area contributed by atoms with Gasteiger partial charge in [-0.05, 0) is 61.3 Å². The quantitative estimate of drug-likeness (QED) is 0.690. The predicted molar refractivity (Wildman–Crippen MR) is 73.6 cm³/mol. The molecule has 0 unspecified atom stereocenters. The summed E-state index contributed by atoms with van der Waals surface area (Å²) < 4.78 is 0. The number of aromatic amines is 1. The number of rotatable bonds is 0. The first kappa shape index (κ1) is 10.9. The van der Waals surface area contributed by atoms with Crippen LogP contribution >= 0.6 is 0 Å². The van der Waals surface area contributed by atoms with Crippen LogP contribution < -0.4 is 0 Å². The zero-order valence-electron chi connectivity index (χ0n) is 11.3. The molecule has 0 amide bonds. The van der Waals surface area contributed by atoms with Gasteiger partial charge < -0.3 is 4.98 Å². The van der Waals surface area contributed by atoms with E-state index in [-0.39, 0.29) is 0 Å². The van der Waals surface area contributed by atoms with Crippen molar-refractivity contribution in [2.45, 2.75) is 47.0 Å². The number of hydrogen-bond donors (Lipinski definition) is 1. The molecule has 17 heavy (non-hydrogen) atoms. The van der Waals surface area contributed by atoms with E-state index in [2.05, 4.69) is 44.8 Å². The Morgan fingerprint density at radius 2 is 1.94 bits per heavy atom. The summed E-state index contributed by atoms with van der Waals surface area (Å²) in [5, 5.41) is 1.48. The van der Waals surface area contributed by atoms with Crippen molar-refractivity contribution in [2.24, 2.45) is 5.41 Å². The first-order chi connectivity index (χ1) is 7.96. The first-order valence-corrected chi connectivity index (χ1v) is 6.57. The molecule has 0 spiro atoms. The second kappa shape index (κ2) is 3.38. The Hall–Kier alpha value is -1.24. The number of nitrogens with one attached hydrogen (secondary N) is 1. The maximum atomic E-state index is 3.64. The Labute approximate surface area is 103 Å². The third kappa shape index (κ3) is 1.69. The van der Waals surface area contributed by atoms with E-state index < -0.39 is 0 Å². The minimum absolute atomic E-state index is 0.458. The van der Waals surface area contributed by atoms with Crippen molar-refractivity contribution in [3.63, 3.8) is 0 Å². The molecule has 1 aliphatic rings. The highest BCUT2D eigenvalue weighted by Crippen LogP contribution is 2.39. The van der Waals surface area contributed by atoms with Gasteiger partial charge in [-0.1, -0.05) is 19.9 Å². The van der Waals surface area contributed by atoms with Crippen LogP contribution in [-0.4, -0.2) is 4.98 Å². The van der Waals surface area contributed by atoms with Gasteiger partial charge in [0, 0.05) is 16.6 Å². The predicted octanol–water partition coefficient (Wildman–Crippen LogP) is 4.30. The van der Waals surface area contributed by atoms with Crippen molar-refractivity contribution < 1.29 is 0 Å². The maximum Gasteiger partial charge on any atom is 0.0464 e. The Bertz CT molecular complexity index is 587. The van der Waals surface area contributed by atoms with Crippen LogP contribution in [0, 0.1) is 19.3 Å². The van der Waals surface area contributed by atoms with Gasteiger partial charge >= 0.3 is 0 Å². The summed E-state index contributed by atoms with van der Waals surface area (Å²) in [7, 11) is 0. The molecule has 1 nitrogen and oxygen atoms in total. The van der Waals surface area contributed by atoms with Crippen LogP contribution in [0.2, 0.25) is 0 Å². The lowest BCUT2D eigenvalue weighted by Crippen LogP contribution is -2.21. The zero-order valence-corrected chi connectivity index (χ0v) is 11.3. The van der Waals surface area contributed by atoms with E-state index in [1.54, 1.807) is 5.56 Å². The van der Waals surface area contributed by atoms with Crippen LogP contribution in [0.4, 0.5) is 0 Å². The maximum absolute atomic E-state index is 3.64. The summed E-state index contributed by atoms with van der Waals surface area (Å²) in [4.78, 5) is 3.64. The largest absolute Gasteiger partial charge is 0.358 e. The van der Waals surface area contributed by atoms with Crippen LogP contribution in [0.5, 0.6) is 0 Å². The third-order valence-corrected chi connectivity index (χ3v) is 4.14. The third-order valence-electron chi connectivity index (χ3n) is 4.14. The average Bonchev–Trinajstić information content (AvgIpc) is 2.53. The second-order valence-electron chi connectivity index (χ2n) is 6.43. The van der Waals surface area contributed by atoms with Crippen LogP contribution in [-0.2, 0) is 12.8 Å². The highest BCUT2D eigenvalue weighted by atomic mass is 14.7. The normalized spacial score (nSPS) is 18.4. The Morgan fingerprint density at radius 3 is 2.71 bits per heavy atom. The molecular weight excluding hydrogens is 206 g/mol. The zero-order chi connectivity index (χ0) is 12.2. The minimum atomic E-state index is 0.458. The Balaban J connectivity index is 2.28. The molecule has 2 aromatic rings. The van der Waals surface area contributed by atoms with Crippen molar-refractivity contribution in [3.8, 4) is 0 Å². The van der Waals surface area contributed by atoms with E-state index in [1.807, 2.05) is 0 Å². The number of fused-ring (bicyclic) bond motifs is 3. The van der Waals surface area contributed by atoms with E-state index in [4.69, 9.17) is 0 Å². The van der Waals surface area contributed by atoms with Gasteiger partial charge in [0.15, 0.2) is 0 Å².